The fourth-order valence-corrected chi connectivity index (χ4v) is 3.00. The van der Waals surface area contributed by atoms with Gasteiger partial charge in [-0.05, 0) is 11.6 Å². The number of benzene rings is 2. The van der Waals surface area contributed by atoms with Gasteiger partial charge in [-0.25, -0.2) is 18.4 Å². The van der Waals surface area contributed by atoms with Crippen molar-refractivity contribution in [3.63, 3.8) is 0 Å². The van der Waals surface area contributed by atoms with E-state index in [1.165, 1.54) is 23.4 Å². The van der Waals surface area contributed by atoms with Crippen LogP contribution in [-0.4, -0.2) is 26.2 Å². The second-order valence-corrected chi connectivity index (χ2v) is 6.15. The maximum absolute atomic E-state index is 14.5. The number of hydrogen-bond acceptors (Lipinski definition) is 4. The van der Waals surface area contributed by atoms with Crippen LogP contribution in [-0.2, 0) is 12.1 Å². The van der Waals surface area contributed by atoms with Gasteiger partial charge in [0.2, 0.25) is 0 Å². The Morgan fingerprint density at radius 3 is 2.54 bits per heavy atom. The van der Waals surface area contributed by atoms with Crippen LogP contribution in [0.15, 0.2) is 55.1 Å². The van der Waals surface area contributed by atoms with Crippen molar-refractivity contribution in [2.45, 2.75) is 25.0 Å². The van der Waals surface area contributed by atoms with Crippen molar-refractivity contribution in [1.82, 2.24) is 14.8 Å². The van der Waals surface area contributed by atoms with E-state index in [0.29, 0.717) is 11.1 Å². The van der Waals surface area contributed by atoms with E-state index in [1.807, 2.05) is 0 Å². The Balaban J connectivity index is 2.07. The second-order valence-electron chi connectivity index (χ2n) is 6.15. The average Bonchev–Trinajstić information content (AvgIpc) is 3.13. The van der Waals surface area contributed by atoms with Crippen LogP contribution in [0, 0.1) is 11.6 Å². The van der Waals surface area contributed by atoms with Crippen LogP contribution in [0.4, 0.5) is 8.78 Å². The van der Waals surface area contributed by atoms with E-state index in [4.69, 9.17) is 0 Å². The van der Waals surface area contributed by atoms with Crippen molar-refractivity contribution in [1.29, 1.82) is 0 Å². The van der Waals surface area contributed by atoms with Crippen molar-refractivity contribution >= 4 is 6.29 Å². The van der Waals surface area contributed by atoms with Gasteiger partial charge in [0.1, 0.15) is 36.2 Å². The Kier molecular flexibility index (Phi) is 4.90. The highest BCUT2D eigenvalue weighted by Gasteiger charge is 2.39. The van der Waals surface area contributed by atoms with Gasteiger partial charge in [0.25, 0.3) is 0 Å². The smallest absolute Gasteiger partial charge is 0.150 e. The van der Waals surface area contributed by atoms with Crippen molar-refractivity contribution in [3.8, 4) is 0 Å². The number of hydrogen-bond donors (Lipinski definition) is 1. The van der Waals surface area contributed by atoms with Gasteiger partial charge < -0.3 is 5.11 Å². The summed E-state index contributed by atoms with van der Waals surface area (Å²) < 4.78 is 29.2. The fourth-order valence-electron chi connectivity index (χ4n) is 3.00. The number of carbonyl (C=O) groups is 1. The Labute approximate surface area is 148 Å². The first kappa shape index (κ1) is 17.9. The molecule has 1 heterocycles. The van der Waals surface area contributed by atoms with Crippen LogP contribution in [0.1, 0.15) is 34.3 Å². The molecule has 0 aliphatic heterocycles. The topological polar surface area (TPSA) is 68.0 Å². The van der Waals surface area contributed by atoms with Gasteiger partial charge in [0, 0.05) is 23.1 Å². The molecule has 1 N–H and O–H groups in total. The van der Waals surface area contributed by atoms with E-state index in [-0.39, 0.29) is 12.1 Å². The molecule has 0 unspecified atom stereocenters. The third-order valence-corrected chi connectivity index (χ3v) is 4.56. The minimum atomic E-state index is -1.71. The summed E-state index contributed by atoms with van der Waals surface area (Å²) in [6, 6.07) is 9.71. The first-order valence-electron chi connectivity index (χ1n) is 7.99. The molecule has 134 valence electrons. The number of aliphatic hydroxyl groups is 1. The Bertz CT molecular complexity index is 898. The van der Waals surface area contributed by atoms with Crippen molar-refractivity contribution in [2.75, 3.05) is 0 Å². The molecule has 7 heteroatoms. The molecule has 3 rings (SSSR count). The normalized spacial score (nSPS) is 14.6. The van der Waals surface area contributed by atoms with E-state index in [1.54, 1.807) is 31.2 Å². The third-order valence-electron chi connectivity index (χ3n) is 4.56. The average molecular weight is 357 g/mol. The lowest BCUT2D eigenvalue weighted by Crippen LogP contribution is -2.38. The molecule has 5 nitrogen and oxygen atoms in total. The highest BCUT2D eigenvalue weighted by Crippen LogP contribution is 2.39. The summed E-state index contributed by atoms with van der Waals surface area (Å²) in [6.45, 7) is 1.65. The molecule has 2 atom stereocenters. The van der Waals surface area contributed by atoms with E-state index in [0.717, 1.165) is 18.4 Å². The minimum Gasteiger partial charge on any atom is -0.382 e. The molecule has 1 aromatic heterocycles. The minimum absolute atomic E-state index is 0.0404. The van der Waals surface area contributed by atoms with E-state index >= 15 is 0 Å². The SMILES string of the molecule is C[C@H](c1ccc(C=O)cc1)[C@@](O)(Cn1cncn1)c1ccc(F)cc1F. The summed E-state index contributed by atoms with van der Waals surface area (Å²) in [5, 5.41) is 15.4. The van der Waals surface area contributed by atoms with Gasteiger partial charge in [0.05, 0.1) is 6.54 Å². The van der Waals surface area contributed by atoms with Crippen LogP contribution in [0.3, 0.4) is 0 Å². The molecule has 2 aromatic carbocycles. The number of halogens is 2. The molecule has 3 aromatic rings. The quantitative estimate of drug-likeness (QED) is 0.689. The second kappa shape index (κ2) is 7.13. The standard InChI is InChI=1S/C19H17F2N3O2/c1-13(15-4-2-14(9-25)3-5-15)19(26,10-24-12-22-11-23-24)17-7-6-16(20)8-18(17)21/h2-9,11-13,26H,10H2,1H3/t13-,19+/m1/s1. The first-order chi connectivity index (χ1) is 12.4. The van der Waals surface area contributed by atoms with Gasteiger partial charge in [-0.1, -0.05) is 37.3 Å². The van der Waals surface area contributed by atoms with Gasteiger partial charge in [-0.15, -0.1) is 0 Å². The summed E-state index contributed by atoms with van der Waals surface area (Å²) in [7, 11) is 0. The molecular weight excluding hydrogens is 340 g/mol. The number of nitrogens with zero attached hydrogens (tertiary/aromatic N) is 3. The number of rotatable bonds is 6. The van der Waals surface area contributed by atoms with Crippen molar-refractivity contribution < 1.29 is 18.7 Å². The molecule has 0 aliphatic rings. The van der Waals surface area contributed by atoms with Crippen LogP contribution in [0.25, 0.3) is 0 Å². The summed E-state index contributed by atoms with van der Waals surface area (Å²) >= 11 is 0. The van der Waals surface area contributed by atoms with Crippen LogP contribution in [0.5, 0.6) is 0 Å². The summed E-state index contributed by atoms with van der Waals surface area (Å²) in [5.74, 6) is -2.14. The summed E-state index contributed by atoms with van der Waals surface area (Å²) in [5.41, 5.74) is -0.564. The summed E-state index contributed by atoms with van der Waals surface area (Å²) in [6.07, 6.45) is 3.44. The first-order valence-corrected chi connectivity index (χ1v) is 7.99. The number of carbonyl (C=O) groups excluding carboxylic acids is 1. The van der Waals surface area contributed by atoms with Crippen LogP contribution < -0.4 is 0 Å². The van der Waals surface area contributed by atoms with Gasteiger partial charge >= 0.3 is 0 Å². The maximum Gasteiger partial charge on any atom is 0.150 e. The van der Waals surface area contributed by atoms with Gasteiger partial charge in [0.15, 0.2) is 0 Å². The van der Waals surface area contributed by atoms with Crippen molar-refractivity contribution in [3.05, 3.63) is 83.4 Å². The van der Waals surface area contributed by atoms with E-state index in [9.17, 15) is 18.7 Å². The van der Waals surface area contributed by atoms with Gasteiger partial charge in [-0.3, -0.25) is 4.79 Å². The molecule has 0 amide bonds. The molecular formula is C19H17F2N3O2. The maximum atomic E-state index is 14.5. The Morgan fingerprint density at radius 1 is 1.23 bits per heavy atom. The number of aldehydes is 1. The lowest BCUT2D eigenvalue weighted by Gasteiger charge is -2.35. The Hall–Kier alpha value is -2.93. The predicted molar refractivity (Wildman–Crippen MR) is 90.5 cm³/mol. The molecule has 0 radical (unpaired) electrons. The lowest BCUT2D eigenvalue weighted by atomic mass is 9.78. The molecule has 0 fully saturated rings. The lowest BCUT2D eigenvalue weighted by molar-refractivity contribution is -0.0112. The Morgan fingerprint density at radius 2 is 1.96 bits per heavy atom. The highest BCUT2D eigenvalue weighted by molar-refractivity contribution is 5.74. The molecule has 0 saturated heterocycles. The predicted octanol–water partition coefficient (Wildman–Crippen LogP) is 3.06. The molecule has 0 aliphatic carbocycles. The highest BCUT2D eigenvalue weighted by atomic mass is 19.1. The van der Waals surface area contributed by atoms with Gasteiger partial charge in [-0.2, -0.15) is 5.10 Å². The van der Waals surface area contributed by atoms with Crippen LogP contribution in [0.2, 0.25) is 0 Å². The zero-order valence-electron chi connectivity index (χ0n) is 14.0. The zero-order chi connectivity index (χ0) is 18.7. The fraction of sp³-hybridized carbons (Fsp3) is 0.211. The zero-order valence-corrected chi connectivity index (χ0v) is 14.0. The molecule has 0 bridgehead atoms. The molecule has 0 saturated carbocycles. The summed E-state index contributed by atoms with van der Waals surface area (Å²) in [4.78, 5) is 14.7. The van der Waals surface area contributed by atoms with E-state index in [2.05, 4.69) is 10.1 Å². The van der Waals surface area contributed by atoms with Crippen LogP contribution >= 0.6 is 0 Å². The van der Waals surface area contributed by atoms with E-state index < -0.39 is 23.2 Å². The molecule has 26 heavy (non-hydrogen) atoms. The molecule has 0 spiro atoms. The monoisotopic (exact) mass is 357 g/mol. The van der Waals surface area contributed by atoms with Crippen molar-refractivity contribution in [2.24, 2.45) is 0 Å². The third kappa shape index (κ3) is 3.39. The largest absolute Gasteiger partial charge is 0.382 e. The number of aromatic nitrogens is 3.